The lowest BCUT2D eigenvalue weighted by Gasteiger charge is -2.14. The normalized spacial score (nSPS) is 11.1. The average molecular weight is 266 g/mol. The molecule has 0 atom stereocenters. The van der Waals surface area contributed by atoms with E-state index in [9.17, 15) is 0 Å². The first-order chi connectivity index (χ1) is 8.74. The third-order valence-corrected chi connectivity index (χ3v) is 3.15. The van der Waals surface area contributed by atoms with E-state index in [-0.39, 0.29) is 0 Å². The fourth-order valence-electron chi connectivity index (χ4n) is 1.70. The van der Waals surface area contributed by atoms with Crippen LogP contribution in [0, 0.1) is 0 Å². The van der Waals surface area contributed by atoms with E-state index in [0.717, 1.165) is 18.7 Å². The van der Waals surface area contributed by atoms with E-state index >= 15 is 0 Å². The van der Waals surface area contributed by atoms with Gasteiger partial charge in [0, 0.05) is 0 Å². The molecule has 0 N–H and O–H groups in total. The lowest BCUT2D eigenvalue weighted by molar-refractivity contribution is 0.264. The zero-order valence-corrected chi connectivity index (χ0v) is 11.3. The molecule has 0 saturated carbocycles. The molecule has 96 valence electrons. The lowest BCUT2D eigenvalue weighted by Crippen LogP contribution is -2.22. The first-order valence-corrected chi connectivity index (χ1v) is 6.42. The standard InChI is InChI=1S/C13H16ClN3O/c1-3-17(4-2)9-12-15-16-13(18-12)10-7-5-6-8-11(10)14/h5-8H,3-4,9H2,1-2H3. The van der Waals surface area contributed by atoms with Crippen molar-refractivity contribution in [3.8, 4) is 11.5 Å². The summed E-state index contributed by atoms with van der Waals surface area (Å²) in [5.74, 6) is 1.09. The number of halogens is 1. The smallest absolute Gasteiger partial charge is 0.249 e. The second kappa shape index (κ2) is 5.98. The van der Waals surface area contributed by atoms with Gasteiger partial charge in [-0.3, -0.25) is 4.90 Å². The van der Waals surface area contributed by atoms with Gasteiger partial charge >= 0.3 is 0 Å². The number of hydrogen-bond acceptors (Lipinski definition) is 4. The Hall–Kier alpha value is -1.39. The van der Waals surface area contributed by atoms with Gasteiger partial charge in [-0.15, -0.1) is 10.2 Å². The van der Waals surface area contributed by atoms with Crippen LogP contribution in [-0.2, 0) is 6.54 Å². The number of rotatable bonds is 5. The van der Waals surface area contributed by atoms with Gasteiger partial charge in [0.15, 0.2) is 0 Å². The molecule has 1 heterocycles. The van der Waals surface area contributed by atoms with Crippen LogP contribution in [0.4, 0.5) is 0 Å². The van der Waals surface area contributed by atoms with Crippen LogP contribution >= 0.6 is 11.6 Å². The molecule has 18 heavy (non-hydrogen) atoms. The maximum absolute atomic E-state index is 6.09. The number of hydrogen-bond donors (Lipinski definition) is 0. The molecule has 0 saturated heterocycles. The topological polar surface area (TPSA) is 42.2 Å². The minimum Gasteiger partial charge on any atom is -0.419 e. The molecule has 0 aliphatic heterocycles. The van der Waals surface area contributed by atoms with Crippen molar-refractivity contribution in [3.05, 3.63) is 35.2 Å². The summed E-state index contributed by atoms with van der Waals surface area (Å²) in [4.78, 5) is 2.21. The highest BCUT2D eigenvalue weighted by Crippen LogP contribution is 2.26. The molecule has 5 heteroatoms. The molecule has 0 spiro atoms. The van der Waals surface area contributed by atoms with E-state index in [1.54, 1.807) is 0 Å². The number of aromatic nitrogens is 2. The molecular weight excluding hydrogens is 250 g/mol. The Morgan fingerprint density at radius 1 is 1.17 bits per heavy atom. The van der Waals surface area contributed by atoms with E-state index in [1.165, 1.54) is 0 Å². The van der Waals surface area contributed by atoms with Gasteiger partial charge < -0.3 is 4.42 Å². The van der Waals surface area contributed by atoms with Crippen LogP contribution in [0.2, 0.25) is 5.02 Å². The first kappa shape index (κ1) is 13.1. The molecule has 2 aromatic rings. The van der Waals surface area contributed by atoms with Crippen LogP contribution in [0.15, 0.2) is 28.7 Å². The first-order valence-electron chi connectivity index (χ1n) is 6.04. The molecule has 0 amide bonds. The van der Waals surface area contributed by atoms with Gasteiger partial charge in [-0.05, 0) is 25.2 Å². The quantitative estimate of drug-likeness (QED) is 0.832. The van der Waals surface area contributed by atoms with Crippen LogP contribution in [0.3, 0.4) is 0 Å². The third kappa shape index (κ3) is 2.89. The molecule has 0 unspecified atom stereocenters. The summed E-state index contributed by atoms with van der Waals surface area (Å²) in [5, 5.41) is 8.71. The Morgan fingerprint density at radius 2 is 1.89 bits per heavy atom. The van der Waals surface area contributed by atoms with Gasteiger partial charge in [-0.2, -0.15) is 0 Å². The maximum atomic E-state index is 6.09. The summed E-state index contributed by atoms with van der Waals surface area (Å²) < 4.78 is 5.64. The van der Waals surface area contributed by atoms with E-state index in [1.807, 2.05) is 24.3 Å². The zero-order chi connectivity index (χ0) is 13.0. The number of benzene rings is 1. The van der Waals surface area contributed by atoms with Gasteiger partial charge in [0.1, 0.15) is 0 Å². The fourth-order valence-corrected chi connectivity index (χ4v) is 1.92. The molecule has 0 aliphatic rings. The van der Waals surface area contributed by atoms with E-state index < -0.39 is 0 Å². The molecule has 0 radical (unpaired) electrons. The SMILES string of the molecule is CCN(CC)Cc1nnc(-c2ccccc2Cl)o1. The van der Waals surface area contributed by atoms with Gasteiger partial charge in [0.05, 0.1) is 17.1 Å². The van der Waals surface area contributed by atoms with Gasteiger partial charge in [0.2, 0.25) is 11.8 Å². The van der Waals surface area contributed by atoms with Crippen LogP contribution in [0.25, 0.3) is 11.5 Å². The molecule has 0 aliphatic carbocycles. The van der Waals surface area contributed by atoms with Crippen LogP contribution in [0.1, 0.15) is 19.7 Å². The zero-order valence-electron chi connectivity index (χ0n) is 10.6. The third-order valence-electron chi connectivity index (χ3n) is 2.82. The van der Waals surface area contributed by atoms with Crippen molar-refractivity contribution in [2.24, 2.45) is 0 Å². The van der Waals surface area contributed by atoms with Crippen molar-refractivity contribution in [1.29, 1.82) is 0 Å². The van der Waals surface area contributed by atoms with Crippen molar-refractivity contribution in [2.45, 2.75) is 20.4 Å². The molecule has 1 aromatic heterocycles. The number of nitrogens with zero attached hydrogens (tertiary/aromatic N) is 3. The predicted molar refractivity (Wildman–Crippen MR) is 71.4 cm³/mol. The van der Waals surface area contributed by atoms with E-state index in [4.69, 9.17) is 16.0 Å². The Bertz CT molecular complexity index is 508. The van der Waals surface area contributed by atoms with Crippen LogP contribution < -0.4 is 0 Å². The van der Waals surface area contributed by atoms with Gasteiger partial charge in [0.25, 0.3) is 0 Å². The van der Waals surface area contributed by atoms with Gasteiger partial charge in [-0.25, -0.2) is 0 Å². The summed E-state index contributed by atoms with van der Waals surface area (Å²) >= 11 is 6.09. The van der Waals surface area contributed by atoms with E-state index in [2.05, 4.69) is 28.9 Å². The molecule has 2 rings (SSSR count). The lowest BCUT2D eigenvalue weighted by atomic mass is 10.2. The van der Waals surface area contributed by atoms with Crippen LogP contribution in [-0.4, -0.2) is 28.2 Å². The van der Waals surface area contributed by atoms with Crippen molar-refractivity contribution >= 4 is 11.6 Å². The highest BCUT2D eigenvalue weighted by Gasteiger charge is 2.12. The van der Waals surface area contributed by atoms with Crippen LogP contribution in [0.5, 0.6) is 0 Å². The summed E-state index contributed by atoms with van der Waals surface area (Å²) in [6.45, 7) is 6.80. The maximum Gasteiger partial charge on any atom is 0.249 e. The Morgan fingerprint density at radius 3 is 2.56 bits per heavy atom. The highest BCUT2D eigenvalue weighted by molar-refractivity contribution is 6.33. The summed E-state index contributed by atoms with van der Waals surface area (Å²) in [6.07, 6.45) is 0. The second-order valence-electron chi connectivity index (χ2n) is 3.94. The Kier molecular flexibility index (Phi) is 4.33. The Labute approximate surface area is 112 Å². The second-order valence-corrected chi connectivity index (χ2v) is 4.35. The fraction of sp³-hybridized carbons (Fsp3) is 0.385. The van der Waals surface area contributed by atoms with Crippen molar-refractivity contribution in [2.75, 3.05) is 13.1 Å². The summed E-state index contributed by atoms with van der Waals surface area (Å²) in [7, 11) is 0. The van der Waals surface area contributed by atoms with Crippen molar-refractivity contribution < 1.29 is 4.42 Å². The highest BCUT2D eigenvalue weighted by atomic mass is 35.5. The Balaban J connectivity index is 2.18. The molecule has 1 aromatic carbocycles. The minimum atomic E-state index is 0.475. The van der Waals surface area contributed by atoms with Gasteiger partial charge in [-0.1, -0.05) is 37.6 Å². The minimum absolute atomic E-state index is 0.475. The molecule has 0 fully saturated rings. The van der Waals surface area contributed by atoms with E-state index in [0.29, 0.717) is 23.3 Å². The summed E-state index contributed by atoms with van der Waals surface area (Å²) in [6, 6.07) is 7.46. The summed E-state index contributed by atoms with van der Waals surface area (Å²) in [5.41, 5.74) is 0.775. The monoisotopic (exact) mass is 265 g/mol. The largest absolute Gasteiger partial charge is 0.419 e. The molecule has 4 nitrogen and oxygen atoms in total. The average Bonchev–Trinajstić information content (AvgIpc) is 2.85. The van der Waals surface area contributed by atoms with Crippen molar-refractivity contribution in [1.82, 2.24) is 15.1 Å². The molecule has 0 bridgehead atoms. The van der Waals surface area contributed by atoms with Crippen molar-refractivity contribution in [3.63, 3.8) is 0 Å². The predicted octanol–water partition coefficient (Wildman–Crippen LogP) is 3.23. The molecular formula is C13H16ClN3O.